The predicted octanol–water partition coefficient (Wildman–Crippen LogP) is 4.10. The quantitative estimate of drug-likeness (QED) is 0.656. The van der Waals surface area contributed by atoms with Crippen LogP contribution in [0.15, 0.2) is 21.6 Å². The molecule has 0 aliphatic carbocycles. The lowest BCUT2D eigenvalue weighted by atomic mass is 9.97. The smallest absolute Gasteiger partial charge is 0.248 e. The molecule has 1 aromatic carbocycles. The standard InChI is InChI=1S/C25H33N3O4S/c1-17-15-18(2)22(19(3)16-17)7-8-23-24(20(4)26-32-23)33(30,31)28-13-9-21(10-14-28)25(29)27-11-5-6-12-27/h7-8,15-16,21H,5-6,9-14H2,1-4H3/b8-7+. The van der Waals surface area contributed by atoms with Crippen molar-refractivity contribution in [2.45, 2.75) is 58.3 Å². The molecule has 8 heteroatoms. The van der Waals surface area contributed by atoms with E-state index in [-0.39, 0.29) is 22.5 Å². The Kier molecular flexibility index (Phi) is 6.77. The monoisotopic (exact) mass is 471 g/mol. The zero-order valence-corrected chi connectivity index (χ0v) is 20.7. The largest absolute Gasteiger partial charge is 0.355 e. The fraction of sp³-hybridized carbons (Fsp3) is 0.520. The van der Waals surface area contributed by atoms with Crippen molar-refractivity contribution in [2.24, 2.45) is 5.92 Å². The third-order valence-corrected chi connectivity index (χ3v) is 8.85. The van der Waals surface area contributed by atoms with Crippen LogP contribution in [0.2, 0.25) is 0 Å². The van der Waals surface area contributed by atoms with Gasteiger partial charge in [-0.15, -0.1) is 0 Å². The number of hydrogen-bond acceptors (Lipinski definition) is 5. The molecule has 0 spiro atoms. The van der Waals surface area contributed by atoms with E-state index in [4.69, 9.17) is 4.52 Å². The molecular formula is C25H33N3O4S. The molecule has 0 N–H and O–H groups in total. The molecule has 0 bridgehead atoms. The van der Waals surface area contributed by atoms with E-state index >= 15 is 0 Å². The predicted molar refractivity (Wildman–Crippen MR) is 128 cm³/mol. The summed E-state index contributed by atoms with van der Waals surface area (Å²) in [6.45, 7) is 10.1. The molecule has 0 atom stereocenters. The van der Waals surface area contributed by atoms with Gasteiger partial charge < -0.3 is 9.42 Å². The minimum Gasteiger partial charge on any atom is -0.355 e. The van der Waals surface area contributed by atoms with Crippen LogP contribution in [0.3, 0.4) is 0 Å². The molecule has 2 saturated heterocycles. The van der Waals surface area contributed by atoms with Crippen molar-refractivity contribution in [3.8, 4) is 0 Å². The summed E-state index contributed by atoms with van der Waals surface area (Å²) in [5.74, 6) is 0.324. The normalized spacial score (nSPS) is 18.5. The summed E-state index contributed by atoms with van der Waals surface area (Å²) in [6, 6.07) is 4.20. The highest BCUT2D eigenvalue weighted by molar-refractivity contribution is 7.89. The molecule has 2 aliphatic heterocycles. The van der Waals surface area contributed by atoms with Crippen LogP contribution >= 0.6 is 0 Å². The molecule has 7 nitrogen and oxygen atoms in total. The Morgan fingerprint density at radius 1 is 1.00 bits per heavy atom. The Hall–Kier alpha value is -2.45. The first kappa shape index (κ1) is 23.7. The zero-order chi connectivity index (χ0) is 23.8. The van der Waals surface area contributed by atoms with Gasteiger partial charge in [0.25, 0.3) is 0 Å². The van der Waals surface area contributed by atoms with Gasteiger partial charge >= 0.3 is 0 Å². The number of likely N-dealkylation sites (tertiary alicyclic amines) is 1. The maximum Gasteiger partial charge on any atom is 0.248 e. The first-order valence-electron chi connectivity index (χ1n) is 11.7. The number of amides is 1. The highest BCUT2D eigenvalue weighted by atomic mass is 32.2. The lowest BCUT2D eigenvalue weighted by molar-refractivity contribution is -0.135. The van der Waals surface area contributed by atoms with E-state index in [0.29, 0.717) is 31.6 Å². The van der Waals surface area contributed by atoms with Crippen molar-refractivity contribution < 1.29 is 17.7 Å². The van der Waals surface area contributed by atoms with Crippen molar-refractivity contribution in [2.75, 3.05) is 26.2 Å². The second-order valence-electron chi connectivity index (χ2n) is 9.32. The van der Waals surface area contributed by atoms with E-state index in [1.807, 2.05) is 24.8 Å². The van der Waals surface area contributed by atoms with Gasteiger partial charge in [-0.05, 0) is 76.1 Å². The number of carbonyl (C=O) groups excluding carboxylic acids is 1. The van der Waals surface area contributed by atoms with Crippen LogP contribution in [0.1, 0.15) is 59.4 Å². The molecular weight excluding hydrogens is 438 g/mol. The van der Waals surface area contributed by atoms with Gasteiger partial charge in [-0.1, -0.05) is 28.9 Å². The lowest BCUT2D eigenvalue weighted by Crippen LogP contribution is -2.43. The Morgan fingerprint density at radius 3 is 2.21 bits per heavy atom. The summed E-state index contributed by atoms with van der Waals surface area (Å²) in [4.78, 5) is 14.8. The van der Waals surface area contributed by atoms with Gasteiger partial charge in [0, 0.05) is 32.1 Å². The molecule has 0 radical (unpaired) electrons. The number of aryl methyl sites for hydroxylation is 4. The van der Waals surface area contributed by atoms with E-state index in [1.165, 1.54) is 9.87 Å². The van der Waals surface area contributed by atoms with E-state index in [1.54, 1.807) is 13.0 Å². The molecule has 0 unspecified atom stereocenters. The van der Waals surface area contributed by atoms with Crippen LogP contribution in [-0.4, -0.2) is 54.9 Å². The molecule has 1 aromatic heterocycles. The van der Waals surface area contributed by atoms with E-state index in [2.05, 4.69) is 24.2 Å². The van der Waals surface area contributed by atoms with Gasteiger partial charge in [-0.25, -0.2) is 8.42 Å². The van der Waals surface area contributed by atoms with Crippen molar-refractivity contribution in [3.63, 3.8) is 0 Å². The summed E-state index contributed by atoms with van der Waals surface area (Å²) in [7, 11) is -3.78. The SMILES string of the molecule is Cc1cc(C)c(/C=C/c2onc(C)c2S(=O)(=O)N2CCC(C(=O)N3CCCC3)CC2)c(C)c1. The van der Waals surface area contributed by atoms with Crippen LogP contribution in [0, 0.1) is 33.6 Å². The lowest BCUT2D eigenvalue weighted by Gasteiger charge is -2.32. The topological polar surface area (TPSA) is 83.7 Å². The molecule has 2 aromatic rings. The van der Waals surface area contributed by atoms with Gasteiger partial charge in [0.05, 0.1) is 0 Å². The number of nitrogens with zero attached hydrogens (tertiary/aromatic N) is 3. The average molecular weight is 472 g/mol. The minimum atomic E-state index is -3.78. The molecule has 3 heterocycles. The molecule has 0 saturated carbocycles. The van der Waals surface area contributed by atoms with Crippen LogP contribution in [0.4, 0.5) is 0 Å². The molecule has 178 valence electrons. The van der Waals surface area contributed by atoms with E-state index < -0.39 is 10.0 Å². The van der Waals surface area contributed by atoms with Gasteiger partial charge in [-0.2, -0.15) is 4.31 Å². The molecule has 1 amide bonds. The summed E-state index contributed by atoms with van der Waals surface area (Å²) in [5.41, 5.74) is 4.82. The number of hydrogen-bond donors (Lipinski definition) is 0. The summed E-state index contributed by atoms with van der Waals surface area (Å²) in [5, 5.41) is 3.95. The van der Waals surface area contributed by atoms with Crippen molar-refractivity contribution in [1.29, 1.82) is 0 Å². The molecule has 2 aliphatic rings. The third-order valence-electron chi connectivity index (χ3n) is 6.79. The second-order valence-corrected chi connectivity index (χ2v) is 11.2. The van der Waals surface area contributed by atoms with Crippen LogP contribution in [0.25, 0.3) is 12.2 Å². The highest BCUT2D eigenvalue weighted by Crippen LogP contribution is 2.30. The number of benzene rings is 1. The van der Waals surface area contributed by atoms with Crippen molar-refractivity contribution >= 4 is 28.1 Å². The number of sulfonamides is 1. The Bertz CT molecular complexity index is 1150. The number of rotatable bonds is 5. The van der Waals surface area contributed by atoms with Crippen molar-refractivity contribution in [1.82, 2.24) is 14.4 Å². The Labute approximate surface area is 196 Å². The Balaban J connectivity index is 1.52. The van der Waals surface area contributed by atoms with E-state index in [0.717, 1.165) is 42.6 Å². The number of aromatic nitrogens is 1. The van der Waals surface area contributed by atoms with Crippen molar-refractivity contribution in [3.05, 3.63) is 45.8 Å². The summed E-state index contributed by atoms with van der Waals surface area (Å²) >= 11 is 0. The highest BCUT2D eigenvalue weighted by Gasteiger charge is 2.37. The van der Waals surface area contributed by atoms with Gasteiger partial charge in [-0.3, -0.25) is 4.79 Å². The number of carbonyl (C=O) groups is 1. The first-order chi connectivity index (χ1) is 15.7. The number of piperidine rings is 1. The second kappa shape index (κ2) is 9.43. The third kappa shape index (κ3) is 4.77. The zero-order valence-electron chi connectivity index (χ0n) is 19.9. The minimum absolute atomic E-state index is 0.0926. The summed E-state index contributed by atoms with van der Waals surface area (Å²) in [6.07, 6.45) is 6.80. The summed E-state index contributed by atoms with van der Waals surface area (Å²) < 4.78 is 33.9. The average Bonchev–Trinajstić information content (AvgIpc) is 3.43. The van der Waals surface area contributed by atoms with Gasteiger partial charge in [0.2, 0.25) is 15.9 Å². The molecule has 33 heavy (non-hydrogen) atoms. The Morgan fingerprint density at radius 2 is 1.61 bits per heavy atom. The van der Waals surface area contributed by atoms with E-state index in [9.17, 15) is 13.2 Å². The molecule has 4 rings (SSSR count). The van der Waals surface area contributed by atoms with Gasteiger partial charge in [0.1, 0.15) is 5.69 Å². The fourth-order valence-electron chi connectivity index (χ4n) is 5.08. The van der Waals surface area contributed by atoms with Crippen LogP contribution < -0.4 is 0 Å². The van der Waals surface area contributed by atoms with Crippen LogP contribution in [0.5, 0.6) is 0 Å². The van der Waals surface area contributed by atoms with Gasteiger partial charge in [0.15, 0.2) is 10.7 Å². The van der Waals surface area contributed by atoms with Crippen LogP contribution in [-0.2, 0) is 14.8 Å². The maximum atomic E-state index is 13.5. The first-order valence-corrected chi connectivity index (χ1v) is 13.1. The maximum absolute atomic E-state index is 13.5. The molecule has 2 fully saturated rings. The fourth-order valence-corrected chi connectivity index (χ4v) is 6.80.